The van der Waals surface area contributed by atoms with E-state index in [-0.39, 0.29) is 0 Å². The molecule has 0 bridgehead atoms. The van der Waals surface area contributed by atoms with Crippen molar-refractivity contribution in [1.29, 1.82) is 0 Å². The molecule has 1 saturated heterocycles. The summed E-state index contributed by atoms with van der Waals surface area (Å²) in [6.45, 7) is 7.36. The van der Waals surface area contributed by atoms with Crippen LogP contribution >= 0.6 is 11.8 Å². The maximum Gasteiger partial charge on any atom is 0.0412 e. The lowest BCUT2D eigenvalue weighted by atomic mass is 10.1. The minimum absolute atomic E-state index is 0.636. The van der Waals surface area contributed by atoms with E-state index in [2.05, 4.69) is 48.7 Å². The lowest BCUT2D eigenvalue weighted by Crippen LogP contribution is -2.38. The highest BCUT2D eigenvalue weighted by Crippen LogP contribution is 2.28. The zero-order valence-electron chi connectivity index (χ0n) is 10.8. The van der Waals surface area contributed by atoms with Crippen molar-refractivity contribution >= 4 is 17.4 Å². The van der Waals surface area contributed by atoms with E-state index >= 15 is 0 Å². The van der Waals surface area contributed by atoms with Gasteiger partial charge in [-0.1, -0.05) is 24.6 Å². The molecule has 1 atom stereocenters. The Morgan fingerprint density at radius 3 is 3.00 bits per heavy atom. The third-order valence-corrected chi connectivity index (χ3v) is 4.76. The molecule has 0 amide bonds. The van der Waals surface area contributed by atoms with E-state index in [4.69, 9.17) is 5.73 Å². The third-order valence-electron chi connectivity index (χ3n) is 3.39. The molecule has 0 aliphatic carbocycles. The van der Waals surface area contributed by atoms with E-state index in [1.54, 1.807) is 0 Å². The van der Waals surface area contributed by atoms with Gasteiger partial charge in [0.15, 0.2) is 0 Å². The van der Waals surface area contributed by atoms with Gasteiger partial charge in [-0.15, -0.1) is 0 Å². The van der Waals surface area contributed by atoms with Crippen LogP contribution in [0.5, 0.6) is 0 Å². The van der Waals surface area contributed by atoms with Crippen molar-refractivity contribution in [1.82, 2.24) is 0 Å². The SMILES string of the molecule is CCC1CN(c2ccc(C)cc2CN)CCS1. The van der Waals surface area contributed by atoms with Crippen LogP contribution < -0.4 is 10.6 Å². The molecule has 1 aromatic rings. The lowest BCUT2D eigenvalue weighted by Gasteiger charge is -2.35. The molecular weight excluding hydrogens is 228 g/mol. The van der Waals surface area contributed by atoms with Gasteiger partial charge in [-0.25, -0.2) is 0 Å². The van der Waals surface area contributed by atoms with Crippen LogP contribution in [0.3, 0.4) is 0 Å². The molecule has 0 aromatic heterocycles. The number of rotatable bonds is 3. The van der Waals surface area contributed by atoms with Crippen molar-refractivity contribution in [3.63, 3.8) is 0 Å². The Bertz CT molecular complexity index is 378. The van der Waals surface area contributed by atoms with Crippen molar-refractivity contribution in [3.05, 3.63) is 29.3 Å². The number of hydrogen-bond donors (Lipinski definition) is 1. The zero-order valence-corrected chi connectivity index (χ0v) is 11.6. The maximum absolute atomic E-state index is 5.86. The largest absolute Gasteiger partial charge is 0.369 e. The van der Waals surface area contributed by atoms with E-state index in [9.17, 15) is 0 Å². The van der Waals surface area contributed by atoms with Gasteiger partial charge < -0.3 is 10.6 Å². The first-order valence-electron chi connectivity index (χ1n) is 6.40. The molecule has 2 N–H and O–H groups in total. The van der Waals surface area contributed by atoms with Crippen molar-refractivity contribution in [2.45, 2.75) is 32.1 Å². The van der Waals surface area contributed by atoms with E-state index < -0.39 is 0 Å². The number of hydrogen-bond acceptors (Lipinski definition) is 3. The lowest BCUT2D eigenvalue weighted by molar-refractivity contribution is 0.724. The Labute approximate surface area is 109 Å². The molecule has 1 unspecified atom stereocenters. The summed E-state index contributed by atoms with van der Waals surface area (Å²) in [5, 5.41) is 0.774. The smallest absolute Gasteiger partial charge is 0.0412 e. The van der Waals surface area contributed by atoms with Gasteiger partial charge in [-0.05, 0) is 25.0 Å². The second-order valence-corrected chi connectivity index (χ2v) is 6.09. The minimum atomic E-state index is 0.636. The molecule has 0 saturated carbocycles. The maximum atomic E-state index is 5.86. The predicted octanol–water partition coefficient (Wildman–Crippen LogP) is 2.79. The van der Waals surface area contributed by atoms with E-state index in [0.717, 1.165) is 18.3 Å². The van der Waals surface area contributed by atoms with Gasteiger partial charge in [0.2, 0.25) is 0 Å². The highest BCUT2D eigenvalue weighted by Gasteiger charge is 2.20. The first-order chi connectivity index (χ1) is 8.24. The zero-order chi connectivity index (χ0) is 12.3. The molecule has 2 rings (SSSR count). The van der Waals surface area contributed by atoms with Gasteiger partial charge in [-0.2, -0.15) is 11.8 Å². The van der Waals surface area contributed by atoms with Crippen LogP contribution in [-0.4, -0.2) is 24.1 Å². The Hall–Kier alpha value is -0.670. The first-order valence-corrected chi connectivity index (χ1v) is 7.45. The Morgan fingerprint density at radius 2 is 2.29 bits per heavy atom. The van der Waals surface area contributed by atoms with Crippen molar-refractivity contribution in [3.8, 4) is 0 Å². The number of nitrogens with zero attached hydrogens (tertiary/aromatic N) is 1. The summed E-state index contributed by atoms with van der Waals surface area (Å²) in [6.07, 6.45) is 1.25. The molecule has 1 aromatic carbocycles. The summed E-state index contributed by atoms with van der Waals surface area (Å²) in [4.78, 5) is 2.51. The van der Waals surface area contributed by atoms with Gasteiger partial charge in [0.25, 0.3) is 0 Å². The van der Waals surface area contributed by atoms with Crippen LogP contribution in [0.2, 0.25) is 0 Å². The second kappa shape index (κ2) is 5.78. The molecule has 2 nitrogen and oxygen atoms in total. The summed E-state index contributed by atoms with van der Waals surface area (Å²) >= 11 is 2.11. The second-order valence-electron chi connectivity index (χ2n) is 4.68. The Morgan fingerprint density at radius 1 is 1.47 bits per heavy atom. The molecule has 17 heavy (non-hydrogen) atoms. The fraction of sp³-hybridized carbons (Fsp3) is 0.571. The number of benzene rings is 1. The van der Waals surface area contributed by atoms with Crippen LogP contribution in [0.4, 0.5) is 5.69 Å². The van der Waals surface area contributed by atoms with E-state index in [0.29, 0.717) is 6.54 Å². The highest BCUT2D eigenvalue weighted by atomic mass is 32.2. The fourth-order valence-electron chi connectivity index (χ4n) is 2.37. The van der Waals surface area contributed by atoms with Gasteiger partial charge in [0, 0.05) is 36.3 Å². The van der Waals surface area contributed by atoms with Crippen molar-refractivity contribution in [2.24, 2.45) is 5.73 Å². The highest BCUT2D eigenvalue weighted by molar-refractivity contribution is 8.00. The topological polar surface area (TPSA) is 29.3 Å². The molecule has 3 heteroatoms. The monoisotopic (exact) mass is 250 g/mol. The van der Waals surface area contributed by atoms with Crippen molar-refractivity contribution < 1.29 is 0 Å². The summed E-state index contributed by atoms with van der Waals surface area (Å²) in [5.41, 5.74) is 9.79. The normalized spacial score (nSPS) is 20.6. The number of thioether (sulfide) groups is 1. The van der Waals surface area contributed by atoms with Crippen molar-refractivity contribution in [2.75, 3.05) is 23.7 Å². The molecule has 1 aliphatic heterocycles. The number of anilines is 1. The Kier molecular flexibility index (Phi) is 4.35. The molecule has 0 radical (unpaired) electrons. The molecular formula is C14H22N2S. The van der Waals surface area contributed by atoms with Crippen LogP contribution in [0.25, 0.3) is 0 Å². The molecule has 0 spiro atoms. The summed E-state index contributed by atoms with van der Waals surface area (Å²) in [6, 6.07) is 6.65. The van der Waals surface area contributed by atoms with Crippen LogP contribution in [0.15, 0.2) is 18.2 Å². The van der Waals surface area contributed by atoms with Gasteiger partial charge >= 0.3 is 0 Å². The summed E-state index contributed by atoms with van der Waals surface area (Å²) in [5.74, 6) is 1.23. The minimum Gasteiger partial charge on any atom is -0.369 e. The van der Waals surface area contributed by atoms with E-state index in [1.807, 2.05) is 0 Å². The average Bonchev–Trinajstić information content (AvgIpc) is 2.38. The molecule has 1 heterocycles. The number of nitrogens with two attached hydrogens (primary N) is 1. The molecule has 94 valence electrons. The molecule has 1 aliphatic rings. The average molecular weight is 250 g/mol. The van der Waals surface area contributed by atoms with E-state index in [1.165, 1.54) is 29.0 Å². The molecule has 1 fully saturated rings. The predicted molar refractivity (Wildman–Crippen MR) is 77.8 cm³/mol. The standard InChI is InChI=1S/C14H22N2S/c1-3-13-10-16(6-7-17-13)14-5-4-11(2)8-12(14)9-15/h4-5,8,13H,3,6-7,9-10,15H2,1-2H3. The fourth-order valence-corrected chi connectivity index (χ4v) is 3.55. The quantitative estimate of drug-likeness (QED) is 0.894. The van der Waals surface area contributed by atoms with Gasteiger partial charge in [-0.3, -0.25) is 0 Å². The van der Waals surface area contributed by atoms with Gasteiger partial charge in [0.1, 0.15) is 0 Å². The van der Waals surface area contributed by atoms with Crippen LogP contribution in [0.1, 0.15) is 24.5 Å². The first kappa shape index (κ1) is 12.8. The summed E-state index contributed by atoms with van der Waals surface area (Å²) in [7, 11) is 0. The Balaban J connectivity index is 2.20. The summed E-state index contributed by atoms with van der Waals surface area (Å²) < 4.78 is 0. The number of aryl methyl sites for hydroxylation is 1. The van der Waals surface area contributed by atoms with Crippen LogP contribution in [-0.2, 0) is 6.54 Å². The third kappa shape index (κ3) is 2.96. The van der Waals surface area contributed by atoms with Crippen LogP contribution in [0, 0.1) is 6.92 Å². The van der Waals surface area contributed by atoms with Gasteiger partial charge in [0.05, 0.1) is 0 Å².